The molecule has 1 unspecified atom stereocenters. The molecule has 13 nitrogen and oxygen atoms in total. The van der Waals surface area contributed by atoms with Crippen LogP contribution in [0.2, 0.25) is 0 Å². The van der Waals surface area contributed by atoms with Crippen molar-refractivity contribution in [1.82, 2.24) is 25.8 Å². The molecule has 7 amide bonds. The van der Waals surface area contributed by atoms with E-state index in [0.29, 0.717) is 13.0 Å². The highest BCUT2D eigenvalue weighted by Crippen LogP contribution is 2.66. The molecule has 6 aliphatic rings. The Morgan fingerprint density at radius 2 is 1.47 bits per heavy atom. The molecule has 294 valence electrons. The van der Waals surface area contributed by atoms with Crippen LogP contribution in [0.3, 0.4) is 0 Å². The van der Waals surface area contributed by atoms with Gasteiger partial charge in [0.05, 0.1) is 12.1 Å². The fourth-order valence-electron chi connectivity index (χ4n) is 10.1. The number of hydrogen-bond donors (Lipinski definition) is 4. The number of rotatable bonds is 12. The van der Waals surface area contributed by atoms with Gasteiger partial charge in [-0.05, 0) is 84.4 Å². The van der Waals surface area contributed by atoms with Crippen molar-refractivity contribution in [3.8, 4) is 0 Å². The van der Waals surface area contributed by atoms with Gasteiger partial charge in [-0.2, -0.15) is 0 Å². The fraction of sp³-hybridized carbons (Fsp3) is 0.825. The predicted molar refractivity (Wildman–Crippen MR) is 196 cm³/mol. The third-order valence-corrected chi connectivity index (χ3v) is 13.8. The lowest BCUT2D eigenvalue weighted by Crippen LogP contribution is -2.63. The minimum absolute atomic E-state index is 0.0202. The minimum atomic E-state index is -1.09. The summed E-state index contributed by atoms with van der Waals surface area (Å²) in [7, 11) is 0. The van der Waals surface area contributed by atoms with Gasteiger partial charge in [-0.25, -0.2) is 4.79 Å². The van der Waals surface area contributed by atoms with Gasteiger partial charge in [0.1, 0.15) is 12.1 Å². The molecule has 6 rings (SSSR count). The molecule has 0 bridgehead atoms. The summed E-state index contributed by atoms with van der Waals surface area (Å²) in [5.74, 6) is -2.89. The Labute approximate surface area is 314 Å². The minimum Gasteiger partial charge on any atom is -0.363 e. The quantitative estimate of drug-likeness (QED) is 0.174. The van der Waals surface area contributed by atoms with Gasteiger partial charge in [0.25, 0.3) is 5.91 Å². The number of Topliss-reactive ketones (excluding diaryl/α,β-unsaturated/α-hetero) is 1. The van der Waals surface area contributed by atoms with Crippen LogP contribution in [0.15, 0.2) is 0 Å². The lowest BCUT2D eigenvalue weighted by molar-refractivity contribution is -0.153. The lowest BCUT2D eigenvalue weighted by atomic mass is 9.70. The Balaban J connectivity index is 1.25. The van der Waals surface area contributed by atoms with Crippen molar-refractivity contribution < 1.29 is 33.6 Å². The molecule has 0 radical (unpaired) electrons. The molecule has 0 aromatic heterocycles. The summed E-state index contributed by atoms with van der Waals surface area (Å²) in [4.78, 5) is 97.5. The van der Waals surface area contributed by atoms with Gasteiger partial charge >= 0.3 is 6.03 Å². The van der Waals surface area contributed by atoms with Crippen molar-refractivity contribution in [3.63, 3.8) is 0 Å². The van der Waals surface area contributed by atoms with Gasteiger partial charge in [-0.15, -0.1) is 0 Å². The number of carbonyl (C=O) groups is 7. The van der Waals surface area contributed by atoms with Crippen LogP contribution in [0.25, 0.3) is 0 Å². The Morgan fingerprint density at radius 3 is 2.02 bits per heavy atom. The number of nitrogens with two attached hydrogens (primary N) is 1. The zero-order valence-electron chi connectivity index (χ0n) is 32.7. The van der Waals surface area contributed by atoms with Crippen molar-refractivity contribution in [1.29, 1.82) is 0 Å². The molecule has 4 aliphatic carbocycles. The number of urea groups is 1. The van der Waals surface area contributed by atoms with Gasteiger partial charge in [0, 0.05) is 25.9 Å². The van der Waals surface area contributed by atoms with E-state index in [0.717, 1.165) is 70.6 Å². The first-order valence-corrected chi connectivity index (χ1v) is 20.1. The highest BCUT2D eigenvalue weighted by Gasteiger charge is 2.64. The van der Waals surface area contributed by atoms with Crippen LogP contribution in [0, 0.1) is 39.4 Å². The summed E-state index contributed by atoms with van der Waals surface area (Å²) in [5.41, 5.74) is 3.97. The molecule has 5 N–H and O–H groups in total. The van der Waals surface area contributed by atoms with Crippen molar-refractivity contribution in [2.45, 2.75) is 156 Å². The molecule has 13 heteroatoms. The number of likely N-dealkylation sites (tertiary alicyclic amines) is 2. The maximum absolute atomic E-state index is 15.1. The zero-order chi connectivity index (χ0) is 38.7. The maximum atomic E-state index is 15.1. The number of nitrogens with one attached hydrogen (secondary N) is 3. The van der Waals surface area contributed by atoms with E-state index in [-0.39, 0.29) is 60.3 Å². The summed E-state index contributed by atoms with van der Waals surface area (Å²) in [6.07, 6.45) is 10.8. The first-order valence-electron chi connectivity index (χ1n) is 20.1. The van der Waals surface area contributed by atoms with E-state index in [1.165, 1.54) is 4.90 Å². The standard InChI is InChI=1S/C40H62N6O7/c1-37(2,3)27(22-45-28(47)19-38(4,5)20-29(45)48)43-36(53)44-32(39(6)13-8-7-9-14-39)35(52)46-21-25-24(12-15-40(25)16-17-40)30(46)34(51)42-26(18-23-10-11-23)31(49)33(41)50/h23-27,30,32H,7-22H2,1-6H3,(H2,41,50)(H,42,51)(H2,43,44,53)/t24-,25-,26?,27+,30-,32+/m0/s1. The molecular formula is C40H62N6O7. The van der Waals surface area contributed by atoms with Crippen LogP contribution in [-0.2, 0) is 28.8 Å². The number of primary amides is 1. The largest absolute Gasteiger partial charge is 0.363 e. The molecule has 53 heavy (non-hydrogen) atoms. The highest BCUT2D eigenvalue weighted by atomic mass is 16.2. The molecule has 6 fully saturated rings. The van der Waals surface area contributed by atoms with Crippen LogP contribution in [-0.4, -0.2) is 88.4 Å². The number of hydrogen-bond acceptors (Lipinski definition) is 7. The van der Waals surface area contributed by atoms with E-state index < -0.39 is 64.0 Å². The van der Waals surface area contributed by atoms with Crippen LogP contribution in [0.5, 0.6) is 0 Å². The monoisotopic (exact) mass is 738 g/mol. The van der Waals surface area contributed by atoms with E-state index >= 15 is 4.79 Å². The van der Waals surface area contributed by atoms with E-state index in [9.17, 15) is 28.8 Å². The first kappa shape index (κ1) is 39.2. The van der Waals surface area contributed by atoms with Gasteiger partial charge in [0.2, 0.25) is 29.4 Å². The smallest absolute Gasteiger partial charge is 0.315 e. The number of piperidine rings is 1. The third kappa shape index (κ3) is 8.28. The number of imide groups is 1. The average Bonchev–Trinajstić information content (AvgIpc) is 3.97. The van der Waals surface area contributed by atoms with Crippen LogP contribution < -0.4 is 21.7 Å². The maximum Gasteiger partial charge on any atom is 0.315 e. The second-order valence-electron chi connectivity index (χ2n) is 19.7. The van der Waals surface area contributed by atoms with E-state index in [2.05, 4.69) is 16.0 Å². The summed E-state index contributed by atoms with van der Waals surface area (Å²) in [5, 5.41) is 8.99. The Hall–Kier alpha value is -3.51. The molecular weight excluding hydrogens is 676 g/mol. The zero-order valence-corrected chi connectivity index (χ0v) is 32.7. The van der Waals surface area contributed by atoms with E-state index in [1.54, 1.807) is 4.90 Å². The molecule has 2 heterocycles. The normalized spacial score (nSPS) is 28.8. The Kier molecular flexibility index (Phi) is 10.6. The topological polar surface area (TPSA) is 188 Å². The van der Waals surface area contributed by atoms with Crippen LogP contribution >= 0.6 is 0 Å². The van der Waals surface area contributed by atoms with Crippen LogP contribution in [0.4, 0.5) is 4.79 Å². The lowest BCUT2D eigenvalue weighted by Gasteiger charge is -2.43. The molecule has 1 spiro atoms. The summed E-state index contributed by atoms with van der Waals surface area (Å²) in [6, 6.07) is -3.98. The number of amides is 7. The van der Waals surface area contributed by atoms with Crippen molar-refractivity contribution >= 4 is 41.4 Å². The summed E-state index contributed by atoms with van der Waals surface area (Å²) < 4.78 is 0. The third-order valence-electron chi connectivity index (χ3n) is 13.8. The fourth-order valence-corrected chi connectivity index (χ4v) is 10.1. The van der Waals surface area contributed by atoms with Crippen molar-refractivity contribution in [2.75, 3.05) is 13.1 Å². The SMILES string of the molecule is CC1(C)CC(=O)N(C[C@@H](NC(=O)N[C@H](C(=O)N2C[C@H]3[C@H](CCC34CC4)[C@H]2C(=O)NC(CC2CC2)C(=O)C(N)=O)C2(C)CCCCC2)C(C)(C)C)C(=O)C1. The molecule has 2 aliphatic heterocycles. The number of carbonyl (C=O) groups excluding carboxylic acids is 7. The molecule has 2 saturated heterocycles. The van der Waals surface area contributed by atoms with Crippen molar-refractivity contribution in [2.24, 2.45) is 45.1 Å². The van der Waals surface area contributed by atoms with E-state index in [4.69, 9.17) is 5.73 Å². The van der Waals surface area contributed by atoms with Gasteiger partial charge in [-0.1, -0.05) is 73.6 Å². The molecule has 4 saturated carbocycles. The van der Waals surface area contributed by atoms with Crippen LogP contribution in [0.1, 0.15) is 131 Å². The molecule has 0 aromatic carbocycles. The predicted octanol–water partition coefficient (Wildman–Crippen LogP) is 3.57. The highest BCUT2D eigenvalue weighted by molar-refractivity contribution is 6.37. The van der Waals surface area contributed by atoms with E-state index in [1.807, 2.05) is 41.5 Å². The second kappa shape index (κ2) is 14.3. The number of fused-ring (bicyclic) bond motifs is 2. The number of nitrogens with zero attached hydrogens (tertiary/aromatic N) is 2. The Bertz CT molecular complexity index is 1500. The van der Waals surface area contributed by atoms with Crippen molar-refractivity contribution in [3.05, 3.63) is 0 Å². The average molecular weight is 739 g/mol. The van der Waals surface area contributed by atoms with Gasteiger partial charge in [0.15, 0.2) is 0 Å². The first-order chi connectivity index (χ1) is 24.7. The summed E-state index contributed by atoms with van der Waals surface area (Å²) >= 11 is 0. The summed E-state index contributed by atoms with van der Waals surface area (Å²) in [6.45, 7) is 12.1. The molecule has 0 aromatic rings. The Morgan fingerprint density at radius 1 is 0.849 bits per heavy atom. The second-order valence-corrected chi connectivity index (χ2v) is 19.7. The number of ketones is 1. The van der Waals surface area contributed by atoms with Gasteiger partial charge in [-0.3, -0.25) is 33.7 Å². The molecule has 6 atom stereocenters. The van der Waals surface area contributed by atoms with Gasteiger partial charge < -0.3 is 26.6 Å².